The zero-order valence-electron chi connectivity index (χ0n) is 16.0. The third-order valence-electron chi connectivity index (χ3n) is 4.51. The molecule has 3 aromatic carbocycles. The van der Waals surface area contributed by atoms with Gasteiger partial charge in [-0.15, -0.1) is 0 Å². The van der Waals surface area contributed by atoms with Gasteiger partial charge >= 0.3 is 0 Å². The molecular weight excluding hydrogens is 379 g/mol. The standard InChI is InChI=1S/C24H19FN4O/c25-21-8-4-7-19(13-21)20-15-27-24(28-16-20)29-22-11-9-18(10-12-22)23(30)26-14-17-5-2-1-3-6-17/h1-13,15-16H,14H2,(H,26,30)(H,27,28,29). The van der Waals surface area contributed by atoms with Crippen molar-refractivity contribution in [2.24, 2.45) is 0 Å². The lowest BCUT2D eigenvalue weighted by atomic mass is 10.1. The molecule has 0 atom stereocenters. The van der Waals surface area contributed by atoms with Crippen LogP contribution in [-0.4, -0.2) is 15.9 Å². The molecule has 4 aromatic rings. The maximum absolute atomic E-state index is 13.4. The highest BCUT2D eigenvalue weighted by Crippen LogP contribution is 2.20. The SMILES string of the molecule is O=C(NCc1ccccc1)c1ccc(Nc2ncc(-c3cccc(F)c3)cn2)cc1. The third-order valence-corrected chi connectivity index (χ3v) is 4.51. The van der Waals surface area contributed by atoms with Crippen LogP contribution in [0.5, 0.6) is 0 Å². The van der Waals surface area contributed by atoms with Crippen LogP contribution in [0.1, 0.15) is 15.9 Å². The molecule has 2 N–H and O–H groups in total. The third kappa shape index (κ3) is 4.86. The Labute approximate surface area is 173 Å². The number of carbonyl (C=O) groups excluding carboxylic acids is 1. The molecular formula is C24H19FN4O. The van der Waals surface area contributed by atoms with Crippen molar-refractivity contribution in [3.8, 4) is 11.1 Å². The summed E-state index contributed by atoms with van der Waals surface area (Å²) in [4.78, 5) is 20.9. The van der Waals surface area contributed by atoms with E-state index in [-0.39, 0.29) is 11.7 Å². The van der Waals surface area contributed by atoms with Gasteiger partial charge in [-0.1, -0.05) is 42.5 Å². The second-order valence-corrected chi connectivity index (χ2v) is 6.68. The molecule has 4 rings (SSSR count). The fraction of sp³-hybridized carbons (Fsp3) is 0.0417. The summed E-state index contributed by atoms with van der Waals surface area (Å²) in [6.45, 7) is 0.477. The van der Waals surface area contributed by atoms with Crippen LogP contribution in [0.25, 0.3) is 11.1 Å². The predicted octanol–water partition coefficient (Wildman–Crippen LogP) is 4.96. The Morgan fingerprint density at radius 3 is 2.27 bits per heavy atom. The Morgan fingerprint density at radius 1 is 0.833 bits per heavy atom. The lowest BCUT2D eigenvalue weighted by Gasteiger charge is -2.08. The maximum atomic E-state index is 13.4. The Kier molecular flexibility index (Phi) is 5.75. The lowest BCUT2D eigenvalue weighted by Crippen LogP contribution is -2.22. The summed E-state index contributed by atoms with van der Waals surface area (Å²) in [6, 6.07) is 23.1. The van der Waals surface area contributed by atoms with Crippen molar-refractivity contribution in [3.05, 3.63) is 108 Å². The number of nitrogens with zero attached hydrogens (tertiary/aromatic N) is 2. The van der Waals surface area contributed by atoms with Crippen molar-refractivity contribution in [2.45, 2.75) is 6.54 Å². The van der Waals surface area contributed by atoms with Crippen molar-refractivity contribution >= 4 is 17.5 Å². The number of halogens is 1. The van der Waals surface area contributed by atoms with E-state index in [1.165, 1.54) is 12.1 Å². The van der Waals surface area contributed by atoms with Gasteiger partial charge in [0.05, 0.1) is 0 Å². The van der Waals surface area contributed by atoms with Gasteiger partial charge in [0, 0.05) is 35.8 Å². The van der Waals surface area contributed by atoms with Gasteiger partial charge in [0.1, 0.15) is 5.82 Å². The van der Waals surface area contributed by atoms with E-state index in [0.717, 1.165) is 16.8 Å². The number of benzene rings is 3. The number of anilines is 2. The average molecular weight is 398 g/mol. The fourth-order valence-corrected chi connectivity index (χ4v) is 2.92. The molecule has 148 valence electrons. The predicted molar refractivity (Wildman–Crippen MR) is 115 cm³/mol. The van der Waals surface area contributed by atoms with Crippen LogP contribution in [0.2, 0.25) is 0 Å². The summed E-state index contributed by atoms with van der Waals surface area (Å²) >= 11 is 0. The van der Waals surface area contributed by atoms with Crippen molar-refractivity contribution in [2.75, 3.05) is 5.32 Å². The smallest absolute Gasteiger partial charge is 0.251 e. The van der Waals surface area contributed by atoms with E-state index < -0.39 is 0 Å². The highest BCUT2D eigenvalue weighted by molar-refractivity contribution is 5.94. The maximum Gasteiger partial charge on any atom is 0.251 e. The first-order valence-electron chi connectivity index (χ1n) is 9.44. The highest BCUT2D eigenvalue weighted by Gasteiger charge is 2.06. The van der Waals surface area contributed by atoms with Gasteiger partial charge in [-0.25, -0.2) is 14.4 Å². The normalized spacial score (nSPS) is 10.4. The van der Waals surface area contributed by atoms with Crippen molar-refractivity contribution < 1.29 is 9.18 Å². The second-order valence-electron chi connectivity index (χ2n) is 6.68. The van der Waals surface area contributed by atoms with Crippen molar-refractivity contribution in [3.63, 3.8) is 0 Å². The molecule has 0 radical (unpaired) electrons. The first kappa shape index (κ1) is 19.3. The fourth-order valence-electron chi connectivity index (χ4n) is 2.92. The average Bonchev–Trinajstić information content (AvgIpc) is 2.79. The Morgan fingerprint density at radius 2 is 1.57 bits per heavy atom. The summed E-state index contributed by atoms with van der Waals surface area (Å²) in [5.41, 5.74) is 3.81. The quantitative estimate of drug-likeness (QED) is 0.482. The zero-order chi connectivity index (χ0) is 20.8. The molecule has 1 aromatic heterocycles. The van der Waals surface area contributed by atoms with E-state index in [2.05, 4.69) is 20.6 Å². The molecule has 6 heteroatoms. The summed E-state index contributed by atoms with van der Waals surface area (Å²) in [5, 5.41) is 5.99. The van der Waals surface area contributed by atoms with Crippen LogP contribution in [-0.2, 0) is 6.54 Å². The molecule has 0 saturated heterocycles. The minimum atomic E-state index is -0.303. The van der Waals surface area contributed by atoms with Gasteiger partial charge in [-0.3, -0.25) is 4.79 Å². The van der Waals surface area contributed by atoms with E-state index in [1.54, 1.807) is 48.8 Å². The number of aromatic nitrogens is 2. The van der Waals surface area contributed by atoms with E-state index in [4.69, 9.17) is 0 Å². The Balaban J connectivity index is 1.36. The molecule has 1 amide bonds. The van der Waals surface area contributed by atoms with Gasteiger partial charge < -0.3 is 10.6 Å². The largest absolute Gasteiger partial charge is 0.348 e. The number of carbonyl (C=O) groups is 1. The summed E-state index contributed by atoms with van der Waals surface area (Å²) < 4.78 is 13.4. The van der Waals surface area contributed by atoms with Crippen LogP contribution >= 0.6 is 0 Å². The van der Waals surface area contributed by atoms with E-state index in [9.17, 15) is 9.18 Å². The molecule has 0 aliphatic carbocycles. The van der Waals surface area contributed by atoms with Crippen molar-refractivity contribution in [1.29, 1.82) is 0 Å². The topological polar surface area (TPSA) is 66.9 Å². The van der Waals surface area contributed by atoms with Crippen LogP contribution in [0.4, 0.5) is 16.0 Å². The number of rotatable bonds is 6. The van der Waals surface area contributed by atoms with E-state index >= 15 is 0 Å². The van der Waals surface area contributed by atoms with Gasteiger partial charge in [-0.2, -0.15) is 0 Å². The van der Waals surface area contributed by atoms with Gasteiger partial charge in [0.15, 0.2) is 0 Å². The minimum Gasteiger partial charge on any atom is -0.348 e. The number of hydrogen-bond acceptors (Lipinski definition) is 4. The van der Waals surface area contributed by atoms with Crippen LogP contribution < -0.4 is 10.6 Å². The second kappa shape index (κ2) is 8.96. The highest BCUT2D eigenvalue weighted by atomic mass is 19.1. The first-order valence-corrected chi connectivity index (χ1v) is 9.44. The number of amides is 1. The monoisotopic (exact) mass is 398 g/mol. The van der Waals surface area contributed by atoms with Gasteiger partial charge in [0.25, 0.3) is 5.91 Å². The summed E-state index contributed by atoms with van der Waals surface area (Å²) in [7, 11) is 0. The van der Waals surface area contributed by atoms with E-state index in [0.29, 0.717) is 23.6 Å². The molecule has 1 heterocycles. The van der Waals surface area contributed by atoms with Crippen LogP contribution in [0.3, 0.4) is 0 Å². The zero-order valence-corrected chi connectivity index (χ0v) is 16.0. The molecule has 0 spiro atoms. The van der Waals surface area contributed by atoms with Crippen LogP contribution in [0.15, 0.2) is 91.3 Å². The molecule has 0 bridgehead atoms. The summed E-state index contributed by atoms with van der Waals surface area (Å²) in [6.07, 6.45) is 3.27. The van der Waals surface area contributed by atoms with Gasteiger partial charge in [0.2, 0.25) is 5.95 Å². The van der Waals surface area contributed by atoms with E-state index in [1.807, 2.05) is 30.3 Å². The molecule has 0 aliphatic rings. The minimum absolute atomic E-state index is 0.138. The Hall–Kier alpha value is -4.06. The molecule has 0 aliphatic heterocycles. The summed E-state index contributed by atoms with van der Waals surface area (Å²) in [5.74, 6) is -0.0277. The molecule has 0 saturated carbocycles. The number of nitrogens with one attached hydrogen (secondary N) is 2. The lowest BCUT2D eigenvalue weighted by molar-refractivity contribution is 0.0951. The number of hydrogen-bond donors (Lipinski definition) is 2. The molecule has 0 unspecified atom stereocenters. The van der Waals surface area contributed by atoms with Crippen molar-refractivity contribution in [1.82, 2.24) is 15.3 Å². The molecule has 5 nitrogen and oxygen atoms in total. The Bertz CT molecular complexity index is 1130. The van der Waals surface area contributed by atoms with Gasteiger partial charge in [-0.05, 0) is 47.5 Å². The first-order chi connectivity index (χ1) is 14.7. The molecule has 0 fully saturated rings. The van der Waals surface area contributed by atoms with Crippen LogP contribution in [0, 0.1) is 5.82 Å². The molecule has 30 heavy (non-hydrogen) atoms.